The fraction of sp³-hybridized carbons (Fsp3) is 0.917. The van der Waals surface area contributed by atoms with Crippen LogP contribution in [0.1, 0.15) is 45.4 Å². The molecule has 0 fully saturated rings. The van der Waals surface area contributed by atoms with Crippen molar-refractivity contribution in [2.75, 3.05) is 27.2 Å². The van der Waals surface area contributed by atoms with E-state index in [9.17, 15) is 4.79 Å². The fourth-order valence-electron chi connectivity index (χ4n) is 1.28. The van der Waals surface area contributed by atoms with Crippen LogP contribution < -0.4 is 0 Å². The maximum atomic E-state index is 11.2. The summed E-state index contributed by atoms with van der Waals surface area (Å²) in [7, 11) is 3.91. The van der Waals surface area contributed by atoms with E-state index in [-0.39, 0.29) is 5.97 Å². The van der Waals surface area contributed by atoms with Crippen molar-refractivity contribution in [2.24, 2.45) is 0 Å². The standard InChI is InChI=1S/C12H25NO2/c1-4-5-6-7-8-11-15-12(14)9-10-13(2)3/h4-11H2,1-3H3. The van der Waals surface area contributed by atoms with Crippen LogP contribution in [0.25, 0.3) is 0 Å². The van der Waals surface area contributed by atoms with Gasteiger partial charge in [0.15, 0.2) is 0 Å². The normalized spacial score (nSPS) is 10.7. The Morgan fingerprint density at radius 2 is 1.80 bits per heavy atom. The van der Waals surface area contributed by atoms with Gasteiger partial charge in [0.25, 0.3) is 0 Å². The van der Waals surface area contributed by atoms with Crippen LogP contribution in [0, 0.1) is 0 Å². The Morgan fingerprint density at radius 1 is 1.13 bits per heavy atom. The molecule has 0 atom stereocenters. The SMILES string of the molecule is CCCCCCCOC(=O)CCN(C)C. The second-order valence-electron chi connectivity index (χ2n) is 4.19. The van der Waals surface area contributed by atoms with E-state index in [1.807, 2.05) is 19.0 Å². The number of carbonyl (C=O) groups is 1. The second kappa shape index (κ2) is 9.97. The summed E-state index contributed by atoms with van der Waals surface area (Å²) in [5.41, 5.74) is 0. The molecule has 0 aromatic carbocycles. The van der Waals surface area contributed by atoms with Gasteiger partial charge >= 0.3 is 5.97 Å². The second-order valence-corrected chi connectivity index (χ2v) is 4.19. The molecule has 0 aliphatic carbocycles. The molecule has 3 nitrogen and oxygen atoms in total. The predicted octanol–water partition coefficient (Wildman–Crippen LogP) is 2.45. The number of hydrogen-bond acceptors (Lipinski definition) is 3. The van der Waals surface area contributed by atoms with Gasteiger partial charge in [0, 0.05) is 6.54 Å². The van der Waals surface area contributed by atoms with Gasteiger partial charge in [0.05, 0.1) is 13.0 Å². The highest BCUT2D eigenvalue weighted by molar-refractivity contribution is 5.69. The molecule has 0 aliphatic heterocycles. The van der Waals surface area contributed by atoms with Crippen LogP contribution in [0.5, 0.6) is 0 Å². The maximum Gasteiger partial charge on any atom is 0.307 e. The smallest absolute Gasteiger partial charge is 0.307 e. The molecule has 0 bridgehead atoms. The molecule has 0 aromatic heterocycles. The van der Waals surface area contributed by atoms with Gasteiger partial charge in [-0.1, -0.05) is 32.6 Å². The maximum absolute atomic E-state index is 11.2. The van der Waals surface area contributed by atoms with Gasteiger partial charge in [-0.15, -0.1) is 0 Å². The summed E-state index contributed by atoms with van der Waals surface area (Å²) < 4.78 is 5.11. The van der Waals surface area contributed by atoms with Crippen molar-refractivity contribution in [2.45, 2.75) is 45.4 Å². The van der Waals surface area contributed by atoms with Crippen molar-refractivity contribution >= 4 is 5.97 Å². The van der Waals surface area contributed by atoms with Gasteiger partial charge in [0.1, 0.15) is 0 Å². The summed E-state index contributed by atoms with van der Waals surface area (Å²) >= 11 is 0. The van der Waals surface area contributed by atoms with E-state index >= 15 is 0 Å². The quantitative estimate of drug-likeness (QED) is 0.437. The minimum absolute atomic E-state index is 0.0702. The van der Waals surface area contributed by atoms with Gasteiger partial charge < -0.3 is 9.64 Å². The molecule has 90 valence electrons. The van der Waals surface area contributed by atoms with Gasteiger partial charge in [0.2, 0.25) is 0 Å². The molecular formula is C12H25NO2. The number of esters is 1. The third-order valence-corrected chi connectivity index (χ3v) is 2.27. The fourth-order valence-corrected chi connectivity index (χ4v) is 1.28. The Morgan fingerprint density at radius 3 is 2.40 bits per heavy atom. The lowest BCUT2D eigenvalue weighted by Crippen LogP contribution is -2.18. The summed E-state index contributed by atoms with van der Waals surface area (Å²) in [5.74, 6) is -0.0702. The van der Waals surface area contributed by atoms with E-state index in [0.29, 0.717) is 13.0 Å². The number of rotatable bonds is 9. The van der Waals surface area contributed by atoms with Crippen molar-refractivity contribution in [1.82, 2.24) is 4.90 Å². The summed E-state index contributed by atoms with van der Waals surface area (Å²) in [6.45, 7) is 3.56. The molecule has 3 heteroatoms. The molecule has 0 spiro atoms. The minimum atomic E-state index is -0.0702. The van der Waals surface area contributed by atoms with Gasteiger partial charge in [-0.25, -0.2) is 0 Å². The van der Waals surface area contributed by atoms with Gasteiger partial charge in [-0.3, -0.25) is 4.79 Å². The lowest BCUT2D eigenvalue weighted by atomic mass is 10.2. The summed E-state index contributed by atoms with van der Waals surface area (Å²) in [6, 6.07) is 0. The third-order valence-electron chi connectivity index (χ3n) is 2.27. The first-order valence-electron chi connectivity index (χ1n) is 5.97. The van der Waals surface area contributed by atoms with Crippen molar-refractivity contribution in [3.63, 3.8) is 0 Å². The highest BCUT2D eigenvalue weighted by Crippen LogP contribution is 2.02. The van der Waals surface area contributed by atoms with Crippen LogP contribution >= 0.6 is 0 Å². The Labute approximate surface area is 93.8 Å². The number of hydrogen-bond donors (Lipinski definition) is 0. The first-order chi connectivity index (χ1) is 7.16. The summed E-state index contributed by atoms with van der Waals surface area (Å²) in [6.07, 6.45) is 6.48. The topological polar surface area (TPSA) is 29.5 Å². The molecule has 15 heavy (non-hydrogen) atoms. The molecule has 0 N–H and O–H groups in total. The molecule has 0 unspecified atom stereocenters. The van der Waals surface area contributed by atoms with Crippen LogP contribution in [0.3, 0.4) is 0 Å². The third kappa shape index (κ3) is 11.4. The van der Waals surface area contributed by atoms with Gasteiger partial charge in [-0.05, 0) is 20.5 Å². The van der Waals surface area contributed by atoms with E-state index in [2.05, 4.69) is 6.92 Å². The molecule has 0 saturated carbocycles. The van der Waals surface area contributed by atoms with Crippen LogP contribution in [-0.4, -0.2) is 38.1 Å². The monoisotopic (exact) mass is 215 g/mol. The average Bonchev–Trinajstić information content (AvgIpc) is 2.20. The van der Waals surface area contributed by atoms with Crippen molar-refractivity contribution in [3.8, 4) is 0 Å². The molecule has 0 aromatic rings. The summed E-state index contributed by atoms with van der Waals surface area (Å²) in [4.78, 5) is 13.2. The molecule has 0 rings (SSSR count). The molecular weight excluding hydrogens is 190 g/mol. The Balaban J connectivity index is 3.17. The number of unbranched alkanes of at least 4 members (excludes halogenated alkanes) is 4. The molecule has 0 amide bonds. The Bertz CT molecular complexity index is 158. The van der Waals surface area contributed by atoms with Crippen LogP contribution in [0.4, 0.5) is 0 Å². The molecule has 0 heterocycles. The van der Waals surface area contributed by atoms with Crippen molar-refractivity contribution in [1.29, 1.82) is 0 Å². The lowest BCUT2D eigenvalue weighted by Gasteiger charge is -2.09. The van der Waals surface area contributed by atoms with Crippen molar-refractivity contribution < 1.29 is 9.53 Å². The molecule has 0 aliphatic rings. The van der Waals surface area contributed by atoms with E-state index < -0.39 is 0 Å². The number of carbonyl (C=O) groups excluding carboxylic acids is 1. The number of ether oxygens (including phenoxy) is 1. The van der Waals surface area contributed by atoms with Crippen LogP contribution in [0.2, 0.25) is 0 Å². The van der Waals surface area contributed by atoms with Crippen molar-refractivity contribution in [3.05, 3.63) is 0 Å². The van der Waals surface area contributed by atoms with Crippen LogP contribution in [0.15, 0.2) is 0 Å². The van der Waals surface area contributed by atoms with E-state index in [1.165, 1.54) is 25.7 Å². The average molecular weight is 215 g/mol. The van der Waals surface area contributed by atoms with Gasteiger partial charge in [-0.2, -0.15) is 0 Å². The zero-order valence-corrected chi connectivity index (χ0v) is 10.4. The van der Waals surface area contributed by atoms with Crippen LogP contribution in [-0.2, 0) is 9.53 Å². The Kier molecular flexibility index (Phi) is 9.59. The first-order valence-corrected chi connectivity index (χ1v) is 5.97. The highest BCUT2D eigenvalue weighted by Gasteiger charge is 2.02. The molecule has 0 radical (unpaired) electrons. The van der Waals surface area contributed by atoms with E-state index in [4.69, 9.17) is 4.74 Å². The zero-order chi connectivity index (χ0) is 11.5. The molecule has 0 saturated heterocycles. The van der Waals surface area contributed by atoms with E-state index in [0.717, 1.165) is 13.0 Å². The number of nitrogens with zero attached hydrogens (tertiary/aromatic N) is 1. The predicted molar refractivity (Wildman–Crippen MR) is 62.9 cm³/mol. The zero-order valence-electron chi connectivity index (χ0n) is 10.4. The van der Waals surface area contributed by atoms with E-state index in [1.54, 1.807) is 0 Å². The largest absolute Gasteiger partial charge is 0.466 e. The minimum Gasteiger partial charge on any atom is -0.466 e. The Hall–Kier alpha value is -0.570. The lowest BCUT2D eigenvalue weighted by molar-refractivity contribution is -0.144. The first kappa shape index (κ1) is 14.4. The summed E-state index contributed by atoms with van der Waals surface area (Å²) in [5, 5.41) is 0. The highest BCUT2D eigenvalue weighted by atomic mass is 16.5.